The van der Waals surface area contributed by atoms with Crippen molar-refractivity contribution in [2.45, 2.75) is 19.0 Å². The van der Waals surface area contributed by atoms with Gasteiger partial charge in [-0.05, 0) is 18.6 Å². The van der Waals surface area contributed by atoms with Crippen LogP contribution in [0.4, 0.5) is 0 Å². The van der Waals surface area contributed by atoms with Gasteiger partial charge in [-0.25, -0.2) is 0 Å². The molecular formula is C11H15N3O. The lowest BCUT2D eigenvalue weighted by molar-refractivity contribution is -0.128. The molecule has 80 valence electrons. The van der Waals surface area contributed by atoms with Crippen LogP contribution in [-0.2, 0) is 11.3 Å². The van der Waals surface area contributed by atoms with Crippen molar-refractivity contribution in [3.05, 3.63) is 30.1 Å². The SMILES string of the molecule is CN1CC[C@H](NCc2ccccn2)C1=O. The number of carbonyl (C=O) groups excluding carboxylic acids is 1. The number of rotatable bonds is 3. The predicted octanol–water partition coefficient (Wildman–Crippen LogP) is 0.402. The van der Waals surface area contributed by atoms with Crippen molar-refractivity contribution in [1.82, 2.24) is 15.2 Å². The topological polar surface area (TPSA) is 45.2 Å². The van der Waals surface area contributed by atoms with Crippen LogP contribution in [0.5, 0.6) is 0 Å². The van der Waals surface area contributed by atoms with Crippen molar-refractivity contribution in [3.63, 3.8) is 0 Å². The standard InChI is InChI=1S/C11H15N3O/c1-14-7-5-10(11(14)15)13-8-9-4-2-3-6-12-9/h2-4,6,10,13H,5,7-8H2,1H3/t10-/m0/s1. The Kier molecular flexibility index (Phi) is 2.97. The van der Waals surface area contributed by atoms with Crippen molar-refractivity contribution in [3.8, 4) is 0 Å². The van der Waals surface area contributed by atoms with E-state index in [-0.39, 0.29) is 11.9 Å². The van der Waals surface area contributed by atoms with Gasteiger partial charge in [-0.1, -0.05) is 6.07 Å². The largest absolute Gasteiger partial charge is 0.344 e. The molecule has 1 fully saturated rings. The first-order valence-electron chi connectivity index (χ1n) is 5.15. The molecule has 0 saturated carbocycles. The minimum atomic E-state index is -0.0305. The molecule has 4 heteroatoms. The molecular weight excluding hydrogens is 190 g/mol. The van der Waals surface area contributed by atoms with Gasteiger partial charge < -0.3 is 10.2 Å². The second-order valence-electron chi connectivity index (χ2n) is 3.80. The molecule has 1 amide bonds. The van der Waals surface area contributed by atoms with Gasteiger partial charge >= 0.3 is 0 Å². The van der Waals surface area contributed by atoms with Gasteiger partial charge in [-0.3, -0.25) is 9.78 Å². The van der Waals surface area contributed by atoms with Crippen LogP contribution in [0.25, 0.3) is 0 Å². The summed E-state index contributed by atoms with van der Waals surface area (Å²) in [5, 5.41) is 3.22. The maximum absolute atomic E-state index is 11.6. The average Bonchev–Trinajstić information content (AvgIpc) is 2.59. The maximum Gasteiger partial charge on any atom is 0.239 e. The van der Waals surface area contributed by atoms with Crippen LogP contribution in [0, 0.1) is 0 Å². The highest BCUT2D eigenvalue weighted by Gasteiger charge is 2.28. The summed E-state index contributed by atoms with van der Waals surface area (Å²) in [5.41, 5.74) is 0.972. The van der Waals surface area contributed by atoms with Crippen molar-refractivity contribution < 1.29 is 4.79 Å². The highest BCUT2D eigenvalue weighted by molar-refractivity contribution is 5.83. The van der Waals surface area contributed by atoms with E-state index < -0.39 is 0 Å². The number of aromatic nitrogens is 1. The van der Waals surface area contributed by atoms with E-state index in [1.807, 2.05) is 25.2 Å². The normalized spacial score (nSPS) is 21.0. The van der Waals surface area contributed by atoms with E-state index in [0.29, 0.717) is 6.54 Å². The van der Waals surface area contributed by atoms with E-state index in [1.54, 1.807) is 11.1 Å². The monoisotopic (exact) mass is 205 g/mol. The molecule has 15 heavy (non-hydrogen) atoms. The van der Waals surface area contributed by atoms with E-state index in [1.165, 1.54) is 0 Å². The zero-order valence-corrected chi connectivity index (χ0v) is 8.81. The van der Waals surface area contributed by atoms with E-state index in [9.17, 15) is 4.79 Å². The zero-order chi connectivity index (χ0) is 10.7. The van der Waals surface area contributed by atoms with Crippen LogP contribution in [0.2, 0.25) is 0 Å². The molecule has 1 aliphatic heterocycles. The summed E-state index contributed by atoms with van der Waals surface area (Å²) in [6.45, 7) is 1.50. The summed E-state index contributed by atoms with van der Waals surface area (Å²) in [6.07, 6.45) is 2.65. The predicted molar refractivity (Wildman–Crippen MR) is 57.1 cm³/mol. The Morgan fingerprint density at radius 3 is 3.07 bits per heavy atom. The minimum absolute atomic E-state index is 0.0305. The first-order chi connectivity index (χ1) is 7.27. The van der Waals surface area contributed by atoms with E-state index >= 15 is 0 Å². The summed E-state index contributed by atoms with van der Waals surface area (Å²) >= 11 is 0. The molecule has 4 nitrogen and oxygen atoms in total. The van der Waals surface area contributed by atoms with Crippen molar-refractivity contribution >= 4 is 5.91 Å². The van der Waals surface area contributed by atoms with Gasteiger partial charge in [0.25, 0.3) is 0 Å². The molecule has 1 aromatic rings. The summed E-state index contributed by atoms with van der Waals surface area (Å²) in [5.74, 6) is 0.186. The van der Waals surface area contributed by atoms with Gasteiger partial charge in [0.15, 0.2) is 0 Å². The molecule has 1 atom stereocenters. The lowest BCUT2D eigenvalue weighted by Crippen LogP contribution is -2.36. The van der Waals surface area contributed by atoms with Crippen molar-refractivity contribution in [2.75, 3.05) is 13.6 Å². The van der Waals surface area contributed by atoms with Crippen LogP contribution in [0.1, 0.15) is 12.1 Å². The maximum atomic E-state index is 11.6. The molecule has 2 rings (SSSR count). The molecule has 0 aromatic carbocycles. The van der Waals surface area contributed by atoms with Crippen LogP contribution in [0.3, 0.4) is 0 Å². The van der Waals surface area contributed by atoms with Gasteiger partial charge in [0.1, 0.15) is 0 Å². The number of nitrogens with one attached hydrogen (secondary N) is 1. The minimum Gasteiger partial charge on any atom is -0.344 e. The van der Waals surface area contributed by atoms with E-state index in [0.717, 1.165) is 18.7 Å². The van der Waals surface area contributed by atoms with Gasteiger partial charge in [-0.2, -0.15) is 0 Å². The number of likely N-dealkylation sites (tertiary alicyclic amines) is 1. The van der Waals surface area contributed by atoms with Gasteiger partial charge in [0.2, 0.25) is 5.91 Å². The summed E-state index contributed by atoms with van der Waals surface area (Å²) in [4.78, 5) is 17.5. The number of hydrogen-bond donors (Lipinski definition) is 1. The summed E-state index contributed by atoms with van der Waals surface area (Å²) < 4.78 is 0. The zero-order valence-electron chi connectivity index (χ0n) is 8.81. The highest BCUT2D eigenvalue weighted by atomic mass is 16.2. The Hall–Kier alpha value is -1.42. The van der Waals surface area contributed by atoms with Crippen LogP contribution in [-0.4, -0.2) is 35.4 Å². The molecule has 0 radical (unpaired) electrons. The van der Waals surface area contributed by atoms with Gasteiger partial charge in [0.05, 0.1) is 11.7 Å². The van der Waals surface area contributed by atoms with Gasteiger partial charge in [0, 0.05) is 26.3 Å². The fourth-order valence-electron chi connectivity index (χ4n) is 1.74. The fraction of sp³-hybridized carbons (Fsp3) is 0.455. The Bertz CT molecular complexity index is 339. The van der Waals surface area contributed by atoms with Crippen LogP contribution >= 0.6 is 0 Å². The second-order valence-corrected chi connectivity index (χ2v) is 3.80. The third-order valence-corrected chi connectivity index (χ3v) is 2.68. The van der Waals surface area contributed by atoms with Crippen molar-refractivity contribution in [1.29, 1.82) is 0 Å². The average molecular weight is 205 g/mol. The quantitative estimate of drug-likeness (QED) is 0.777. The van der Waals surface area contributed by atoms with E-state index in [4.69, 9.17) is 0 Å². The Morgan fingerprint density at radius 2 is 2.47 bits per heavy atom. The lowest BCUT2D eigenvalue weighted by Gasteiger charge is -2.11. The number of hydrogen-bond acceptors (Lipinski definition) is 3. The first kappa shape index (κ1) is 10.1. The molecule has 1 aromatic heterocycles. The smallest absolute Gasteiger partial charge is 0.239 e. The lowest BCUT2D eigenvalue weighted by atomic mass is 10.2. The summed E-state index contributed by atoms with van der Waals surface area (Å²) in [7, 11) is 1.84. The Balaban J connectivity index is 1.87. The third kappa shape index (κ3) is 2.33. The molecule has 0 spiro atoms. The number of amides is 1. The Morgan fingerprint density at radius 1 is 1.60 bits per heavy atom. The summed E-state index contributed by atoms with van der Waals surface area (Å²) in [6, 6.07) is 5.76. The number of likely N-dealkylation sites (N-methyl/N-ethyl adjacent to an activating group) is 1. The van der Waals surface area contributed by atoms with Crippen LogP contribution < -0.4 is 5.32 Å². The fourth-order valence-corrected chi connectivity index (χ4v) is 1.74. The van der Waals surface area contributed by atoms with Crippen LogP contribution in [0.15, 0.2) is 24.4 Å². The highest BCUT2D eigenvalue weighted by Crippen LogP contribution is 2.08. The first-order valence-corrected chi connectivity index (χ1v) is 5.15. The molecule has 1 saturated heterocycles. The molecule has 1 aliphatic rings. The molecule has 0 unspecified atom stereocenters. The van der Waals surface area contributed by atoms with Crippen molar-refractivity contribution in [2.24, 2.45) is 0 Å². The number of pyridine rings is 1. The second kappa shape index (κ2) is 4.40. The molecule has 2 heterocycles. The third-order valence-electron chi connectivity index (χ3n) is 2.68. The number of carbonyl (C=O) groups is 1. The number of nitrogens with zero attached hydrogens (tertiary/aromatic N) is 2. The van der Waals surface area contributed by atoms with E-state index in [2.05, 4.69) is 10.3 Å². The molecule has 0 bridgehead atoms. The molecule has 1 N–H and O–H groups in total. The molecule has 0 aliphatic carbocycles. The van der Waals surface area contributed by atoms with Gasteiger partial charge in [-0.15, -0.1) is 0 Å². The Labute approximate surface area is 89.3 Å².